The van der Waals surface area contributed by atoms with Crippen molar-refractivity contribution in [3.05, 3.63) is 29.7 Å². The number of rotatable bonds is 0. The van der Waals surface area contributed by atoms with Gasteiger partial charge >= 0.3 is 0 Å². The largest absolute Gasteiger partial charge is 0.232 e. The van der Waals surface area contributed by atoms with Gasteiger partial charge in [-0.25, -0.2) is 9.50 Å². The Kier molecular flexibility index (Phi) is 2.53. The summed E-state index contributed by atoms with van der Waals surface area (Å²) in [7, 11) is 0. The molecule has 0 saturated carbocycles. The molecule has 0 unspecified atom stereocenters. The van der Waals surface area contributed by atoms with Crippen molar-refractivity contribution < 1.29 is 0 Å². The third-order valence-corrected chi connectivity index (χ3v) is 2.86. The van der Waals surface area contributed by atoms with Crippen molar-refractivity contribution in [2.24, 2.45) is 0 Å². The molecule has 0 aromatic carbocycles. The summed E-state index contributed by atoms with van der Waals surface area (Å²) in [5, 5.41) is 4.63. The van der Waals surface area contributed by atoms with E-state index in [0.29, 0.717) is 0 Å². The molecular formula is C14H21N3. The standard InChI is InChI=1S/C14H21N3/c1-13(2,3)10-7-8-12-15-11(14(4,5)6)9-17(12)16-10/h7-9H,1-6H3. The minimum absolute atomic E-state index is 0.0651. The SMILES string of the molecule is CC(C)(C)c1cn2nc(C(C)(C)C)ccc2n1. The van der Waals surface area contributed by atoms with E-state index in [0.717, 1.165) is 17.0 Å². The van der Waals surface area contributed by atoms with Crippen LogP contribution in [0.15, 0.2) is 18.3 Å². The zero-order valence-corrected chi connectivity index (χ0v) is 11.6. The van der Waals surface area contributed by atoms with Crippen LogP contribution in [0.1, 0.15) is 52.9 Å². The first-order chi connectivity index (χ1) is 7.68. The monoisotopic (exact) mass is 231 g/mol. The Bertz CT molecular complexity index is 527. The van der Waals surface area contributed by atoms with Crippen molar-refractivity contribution in [3.8, 4) is 0 Å². The molecule has 0 N–H and O–H groups in total. The highest BCUT2D eigenvalue weighted by Crippen LogP contribution is 2.23. The zero-order valence-electron chi connectivity index (χ0n) is 11.6. The summed E-state index contributed by atoms with van der Waals surface area (Å²) in [6, 6.07) is 4.11. The van der Waals surface area contributed by atoms with Crippen LogP contribution in [-0.4, -0.2) is 14.6 Å². The van der Waals surface area contributed by atoms with Crippen molar-refractivity contribution in [1.82, 2.24) is 14.6 Å². The van der Waals surface area contributed by atoms with Crippen LogP contribution in [0.4, 0.5) is 0 Å². The lowest BCUT2D eigenvalue weighted by atomic mass is 9.92. The smallest absolute Gasteiger partial charge is 0.153 e. The first-order valence-corrected chi connectivity index (χ1v) is 6.05. The predicted molar refractivity (Wildman–Crippen MR) is 70.4 cm³/mol. The Balaban J connectivity index is 2.56. The predicted octanol–water partition coefficient (Wildman–Crippen LogP) is 3.32. The van der Waals surface area contributed by atoms with E-state index in [4.69, 9.17) is 0 Å². The average molecular weight is 231 g/mol. The fourth-order valence-electron chi connectivity index (χ4n) is 1.64. The summed E-state index contributed by atoms with van der Waals surface area (Å²) < 4.78 is 1.89. The molecule has 17 heavy (non-hydrogen) atoms. The number of hydrogen-bond donors (Lipinski definition) is 0. The van der Waals surface area contributed by atoms with Gasteiger partial charge in [-0.2, -0.15) is 5.10 Å². The number of imidazole rings is 1. The van der Waals surface area contributed by atoms with Gasteiger partial charge in [-0.1, -0.05) is 41.5 Å². The van der Waals surface area contributed by atoms with Crippen LogP contribution in [0.3, 0.4) is 0 Å². The Morgan fingerprint density at radius 2 is 1.47 bits per heavy atom. The molecule has 92 valence electrons. The van der Waals surface area contributed by atoms with Crippen LogP contribution in [-0.2, 0) is 10.8 Å². The summed E-state index contributed by atoms with van der Waals surface area (Å²) in [5.74, 6) is 0. The van der Waals surface area contributed by atoms with E-state index in [-0.39, 0.29) is 10.8 Å². The average Bonchev–Trinajstić information content (AvgIpc) is 2.57. The highest BCUT2D eigenvalue weighted by molar-refractivity contribution is 5.40. The second kappa shape index (κ2) is 3.56. The minimum Gasteiger partial charge on any atom is -0.232 e. The molecule has 0 saturated heterocycles. The normalized spacial score (nSPS) is 13.3. The van der Waals surface area contributed by atoms with Crippen molar-refractivity contribution in [2.45, 2.75) is 52.4 Å². The zero-order chi connectivity index (χ0) is 12.8. The van der Waals surface area contributed by atoms with Crippen LogP contribution < -0.4 is 0 Å². The molecule has 0 spiro atoms. The molecule has 0 bridgehead atoms. The summed E-state index contributed by atoms with van der Waals surface area (Å²) in [5.41, 5.74) is 3.22. The Morgan fingerprint density at radius 3 is 2.00 bits per heavy atom. The van der Waals surface area contributed by atoms with E-state index in [2.05, 4.69) is 57.7 Å². The van der Waals surface area contributed by atoms with E-state index in [1.807, 2.05) is 16.8 Å². The highest BCUT2D eigenvalue weighted by atomic mass is 15.3. The van der Waals surface area contributed by atoms with Gasteiger partial charge in [0.05, 0.1) is 17.6 Å². The van der Waals surface area contributed by atoms with Crippen molar-refractivity contribution in [3.63, 3.8) is 0 Å². The lowest BCUT2D eigenvalue weighted by Crippen LogP contribution is -2.15. The maximum Gasteiger partial charge on any atom is 0.153 e. The van der Waals surface area contributed by atoms with Gasteiger partial charge in [0.25, 0.3) is 0 Å². The summed E-state index contributed by atoms with van der Waals surface area (Å²) in [6.45, 7) is 13.0. The van der Waals surface area contributed by atoms with Gasteiger partial charge < -0.3 is 0 Å². The van der Waals surface area contributed by atoms with Crippen molar-refractivity contribution >= 4 is 5.65 Å². The maximum atomic E-state index is 4.63. The van der Waals surface area contributed by atoms with Crippen LogP contribution in [0, 0.1) is 0 Å². The molecule has 0 radical (unpaired) electrons. The van der Waals surface area contributed by atoms with Crippen molar-refractivity contribution in [2.75, 3.05) is 0 Å². The fraction of sp³-hybridized carbons (Fsp3) is 0.571. The van der Waals surface area contributed by atoms with Gasteiger partial charge in [-0.05, 0) is 12.1 Å². The summed E-state index contributed by atoms with van der Waals surface area (Å²) >= 11 is 0. The Hall–Kier alpha value is -1.38. The highest BCUT2D eigenvalue weighted by Gasteiger charge is 2.20. The lowest BCUT2D eigenvalue weighted by Gasteiger charge is -2.16. The molecule has 2 heterocycles. The van der Waals surface area contributed by atoms with Gasteiger partial charge in [0, 0.05) is 10.8 Å². The fourth-order valence-corrected chi connectivity index (χ4v) is 1.64. The molecule has 0 amide bonds. The van der Waals surface area contributed by atoms with Crippen LogP contribution in [0.5, 0.6) is 0 Å². The van der Waals surface area contributed by atoms with Gasteiger partial charge in [-0.3, -0.25) is 0 Å². The van der Waals surface area contributed by atoms with E-state index in [1.165, 1.54) is 0 Å². The topological polar surface area (TPSA) is 30.2 Å². The molecule has 0 atom stereocenters. The van der Waals surface area contributed by atoms with E-state index in [9.17, 15) is 0 Å². The van der Waals surface area contributed by atoms with E-state index >= 15 is 0 Å². The number of aromatic nitrogens is 3. The summed E-state index contributed by atoms with van der Waals surface area (Å²) in [6.07, 6.45) is 2.03. The molecule has 0 aliphatic rings. The Morgan fingerprint density at radius 1 is 0.882 bits per heavy atom. The lowest BCUT2D eigenvalue weighted by molar-refractivity contribution is 0.552. The van der Waals surface area contributed by atoms with Gasteiger partial charge in [0.2, 0.25) is 0 Å². The molecule has 0 aliphatic carbocycles. The molecule has 0 aliphatic heterocycles. The van der Waals surface area contributed by atoms with E-state index < -0.39 is 0 Å². The van der Waals surface area contributed by atoms with E-state index in [1.54, 1.807) is 0 Å². The minimum atomic E-state index is 0.0651. The molecular weight excluding hydrogens is 210 g/mol. The van der Waals surface area contributed by atoms with Gasteiger partial charge in [0.15, 0.2) is 5.65 Å². The summed E-state index contributed by atoms with van der Waals surface area (Å²) in [4.78, 5) is 4.61. The number of fused-ring (bicyclic) bond motifs is 1. The number of hydrogen-bond acceptors (Lipinski definition) is 2. The molecule has 0 fully saturated rings. The van der Waals surface area contributed by atoms with Crippen LogP contribution >= 0.6 is 0 Å². The second-order valence-electron chi connectivity index (χ2n) is 6.65. The molecule has 2 aromatic heterocycles. The molecule has 2 rings (SSSR count). The van der Waals surface area contributed by atoms with Gasteiger partial charge in [0.1, 0.15) is 0 Å². The molecule has 2 aromatic rings. The van der Waals surface area contributed by atoms with Crippen molar-refractivity contribution in [1.29, 1.82) is 0 Å². The maximum absolute atomic E-state index is 4.63. The quantitative estimate of drug-likeness (QED) is 0.696. The number of nitrogens with zero attached hydrogens (tertiary/aromatic N) is 3. The molecule has 3 heteroatoms. The van der Waals surface area contributed by atoms with Gasteiger partial charge in [-0.15, -0.1) is 0 Å². The second-order valence-corrected chi connectivity index (χ2v) is 6.65. The third kappa shape index (κ3) is 2.33. The van der Waals surface area contributed by atoms with Crippen LogP contribution in [0.25, 0.3) is 5.65 Å². The first-order valence-electron chi connectivity index (χ1n) is 6.05. The van der Waals surface area contributed by atoms with Crippen LogP contribution in [0.2, 0.25) is 0 Å². The first kappa shape index (κ1) is 12.1. The Labute approximate surface area is 103 Å². The third-order valence-electron chi connectivity index (χ3n) is 2.86. The molecule has 3 nitrogen and oxygen atoms in total.